The van der Waals surface area contributed by atoms with E-state index in [4.69, 9.17) is 16.3 Å². The quantitative estimate of drug-likeness (QED) is 0.420. The van der Waals surface area contributed by atoms with Gasteiger partial charge in [-0.1, -0.05) is 24.4 Å². The van der Waals surface area contributed by atoms with Gasteiger partial charge in [-0.15, -0.1) is 0 Å². The van der Waals surface area contributed by atoms with Gasteiger partial charge in [0, 0.05) is 22.9 Å². The summed E-state index contributed by atoms with van der Waals surface area (Å²) >= 11 is 6.30. The van der Waals surface area contributed by atoms with E-state index in [9.17, 15) is 19.6 Å². The Hall–Kier alpha value is -3.25. The van der Waals surface area contributed by atoms with Crippen molar-refractivity contribution in [3.8, 4) is 11.8 Å². The minimum Gasteiger partial charge on any atom is -0.497 e. The van der Waals surface area contributed by atoms with Gasteiger partial charge in [-0.05, 0) is 51.2 Å². The molecule has 186 valence electrons. The van der Waals surface area contributed by atoms with Crippen LogP contribution in [0, 0.1) is 23.2 Å². The van der Waals surface area contributed by atoms with Crippen LogP contribution < -0.4 is 20.7 Å². The molecule has 0 radical (unpaired) electrons. The van der Waals surface area contributed by atoms with Crippen molar-refractivity contribution in [3.05, 3.63) is 28.9 Å². The number of nitrogens with zero attached hydrogens (tertiary/aromatic N) is 1. The summed E-state index contributed by atoms with van der Waals surface area (Å²) in [6, 6.07) is 5.54. The van der Waals surface area contributed by atoms with E-state index in [1.54, 1.807) is 18.2 Å². The summed E-state index contributed by atoms with van der Waals surface area (Å²) in [5.74, 6) is -0.399. The largest absolute Gasteiger partial charge is 0.497 e. The number of hydrogen-bond acceptors (Lipinski definition) is 5. The maximum absolute atomic E-state index is 13.1. The number of H-pyrrole nitrogens is 1. The van der Waals surface area contributed by atoms with Crippen molar-refractivity contribution in [2.24, 2.45) is 11.8 Å². The second-order valence-corrected chi connectivity index (χ2v) is 10.6. The molecule has 3 atom stereocenters. The first-order valence-electron chi connectivity index (χ1n) is 11.8. The molecule has 2 heterocycles. The number of aromatic nitrogens is 1. The van der Waals surface area contributed by atoms with E-state index in [1.807, 2.05) is 13.8 Å². The number of nitrogens with one attached hydrogen (secondary N) is 4. The number of carbonyl (C=O) groups excluding carboxylic acids is 3. The highest BCUT2D eigenvalue weighted by Gasteiger charge is 2.39. The van der Waals surface area contributed by atoms with Gasteiger partial charge in [-0.3, -0.25) is 14.4 Å². The van der Waals surface area contributed by atoms with Crippen LogP contribution in [0.4, 0.5) is 0 Å². The van der Waals surface area contributed by atoms with Gasteiger partial charge >= 0.3 is 0 Å². The first-order valence-corrected chi connectivity index (χ1v) is 12.2. The number of fused-ring (bicyclic) bond motifs is 1. The third kappa shape index (κ3) is 5.88. The van der Waals surface area contributed by atoms with Crippen LogP contribution in [0.2, 0.25) is 5.02 Å². The van der Waals surface area contributed by atoms with Crippen molar-refractivity contribution in [2.75, 3.05) is 7.11 Å². The second kappa shape index (κ2) is 9.78. The van der Waals surface area contributed by atoms with Crippen LogP contribution in [0.3, 0.4) is 0 Å². The summed E-state index contributed by atoms with van der Waals surface area (Å²) in [5, 5.41) is 19.2. The van der Waals surface area contributed by atoms with Crippen LogP contribution in [0.15, 0.2) is 18.2 Å². The Kier molecular flexibility index (Phi) is 6.95. The van der Waals surface area contributed by atoms with Crippen LogP contribution in [0.25, 0.3) is 10.9 Å². The fourth-order valence-corrected chi connectivity index (χ4v) is 4.92. The molecule has 1 saturated carbocycles. The maximum Gasteiger partial charge on any atom is 0.268 e. The number of carbonyl (C=O) groups is 3. The zero-order chi connectivity index (χ0) is 25.3. The Labute approximate surface area is 208 Å². The third-order valence-electron chi connectivity index (χ3n) is 6.60. The van der Waals surface area contributed by atoms with E-state index in [0.717, 1.165) is 12.8 Å². The predicted molar refractivity (Wildman–Crippen MR) is 131 cm³/mol. The molecule has 2 aromatic rings. The van der Waals surface area contributed by atoms with Gasteiger partial charge in [0.25, 0.3) is 5.91 Å². The predicted octanol–water partition coefficient (Wildman–Crippen LogP) is 3.04. The molecule has 9 nitrogen and oxygen atoms in total. The Morgan fingerprint density at radius 3 is 2.60 bits per heavy atom. The topological polar surface area (TPSA) is 136 Å². The van der Waals surface area contributed by atoms with Crippen LogP contribution in [0.1, 0.15) is 56.4 Å². The van der Waals surface area contributed by atoms with E-state index in [0.29, 0.717) is 40.4 Å². The number of amides is 3. The Morgan fingerprint density at radius 2 is 2.00 bits per heavy atom. The first kappa shape index (κ1) is 24.9. The number of halogens is 1. The fraction of sp³-hybridized carbons (Fsp3) is 0.520. The molecule has 3 amide bonds. The lowest BCUT2D eigenvalue weighted by atomic mass is 9.92. The highest BCUT2D eigenvalue weighted by atomic mass is 35.5. The zero-order valence-electron chi connectivity index (χ0n) is 20.0. The minimum absolute atomic E-state index is 0.110. The van der Waals surface area contributed by atoms with Crippen LogP contribution in [-0.4, -0.2) is 47.4 Å². The van der Waals surface area contributed by atoms with E-state index in [2.05, 4.69) is 27.0 Å². The third-order valence-corrected chi connectivity index (χ3v) is 6.90. The monoisotopic (exact) mass is 499 g/mol. The van der Waals surface area contributed by atoms with Crippen molar-refractivity contribution in [1.29, 1.82) is 5.26 Å². The molecule has 1 aliphatic heterocycles. The van der Waals surface area contributed by atoms with Gasteiger partial charge < -0.3 is 25.7 Å². The Morgan fingerprint density at radius 1 is 1.26 bits per heavy atom. The number of nitriles is 1. The van der Waals surface area contributed by atoms with Gasteiger partial charge in [-0.25, -0.2) is 0 Å². The average molecular weight is 500 g/mol. The van der Waals surface area contributed by atoms with Gasteiger partial charge in [-0.2, -0.15) is 5.26 Å². The maximum atomic E-state index is 13.1. The number of ether oxygens (including phenoxy) is 1. The van der Waals surface area contributed by atoms with E-state index < -0.39 is 23.9 Å². The van der Waals surface area contributed by atoms with Crippen molar-refractivity contribution in [3.63, 3.8) is 0 Å². The van der Waals surface area contributed by atoms with E-state index in [-0.39, 0.29) is 29.5 Å². The number of hydrogen-bond donors (Lipinski definition) is 4. The van der Waals surface area contributed by atoms with E-state index >= 15 is 0 Å². The second-order valence-electron chi connectivity index (χ2n) is 10.2. The molecular formula is C25H30ClN5O4. The SMILES string of the molecule is COc1cc(Cl)c2[nH]c(C(=O)NC(CC3CC3)C(=O)NC(C#N)C[C@@H]3CC(C)(C)NC3=O)cc2c1. The summed E-state index contributed by atoms with van der Waals surface area (Å²) in [7, 11) is 1.54. The molecule has 35 heavy (non-hydrogen) atoms. The Bertz CT molecular complexity index is 1200. The molecule has 10 heteroatoms. The molecule has 0 spiro atoms. The molecule has 1 aromatic heterocycles. The highest BCUT2D eigenvalue weighted by molar-refractivity contribution is 6.35. The van der Waals surface area contributed by atoms with Crippen molar-refractivity contribution >= 4 is 40.2 Å². The van der Waals surface area contributed by atoms with Crippen molar-refractivity contribution in [2.45, 2.75) is 63.6 Å². The molecule has 1 saturated heterocycles. The summed E-state index contributed by atoms with van der Waals surface area (Å²) in [6.45, 7) is 3.86. The molecule has 4 N–H and O–H groups in total. The zero-order valence-corrected chi connectivity index (χ0v) is 20.8. The number of methoxy groups -OCH3 is 1. The smallest absolute Gasteiger partial charge is 0.268 e. The van der Waals surface area contributed by atoms with Crippen LogP contribution in [-0.2, 0) is 9.59 Å². The average Bonchev–Trinajstić information content (AvgIpc) is 3.43. The van der Waals surface area contributed by atoms with Crippen LogP contribution in [0.5, 0.6) is 5.75 Å². The van der Waals surface area contributed by atoms with Gasteiger partial charge in [0.15, 0.2) is 0 Å². The Balaban J connectivity index is 1.45. The molecule has 0 bridgehead atoms. The number of rotatable bonds is 9. The standard InChI is InChI=1S/C25H30ClN5O4/c1-25(2)11-15(22(32)31-25)7-16(12-27)28-23(33)19(6-13-4-5-13)30-24(34)20-9-14-8-17(35-3)10-18(26)21(14)29-20/h8-10,13,15-16,19,29H,4-7,11H2,1-3H3,(H,28,33)(H,30,34)(H,31,32)/t15-,16?,19?/m1/s1. The first-order chi connectivity index (χ1) is 16.6. The molecule has 1 aliphatic carbocycles. The summed E-state index contributed by atoms with van der Waals surface area (Å²) in [6.07, 6.45) is 3.31. The lowest BCUT2D eigenvalue weighted by Crippen LogP contribution is -2.50. The molecule has 2 unspecified atom stereocenters. The fourth-order valence-electron chi connectivity index (χ4n) is 4.65. The lowest BCUT2D eigenvalue weighted by Gasteiger charge is -2.21. The number of aromatic amines is 1. The lowest BCUT2D eigenvalue weighted by molar-refractivity contribution is -0.125. The van der Waals surface area contributed by atoms with Gasteiger partial charge in [0.1, 0.15) is 23.5 Å². The molecule has 4 rings (SSSR count). The van der Waals surface area contributed by atoms with E-state index in [1.165, 1.54) is 7.11 Å². The van der Waals surface area contributed by atoms with Gasteiger partial charge in [0.05, 0.1) is 23.7 Å². The molecule has 1 aromatic carbocycles. The van der Waals surface area contributed by atoms with Gasteiger partial charge in [0.2, 0.25) is 11.8 Å². The molecule has 2 aliphatic rings. The number of benzene rings is 1. The minimum atomic E-state index is -0.829. The summed E-state index contributed by atoms with van der Waals surface area (Å²) < 4.78 is 5.23. The van der Waals surface area contributed by atoms with Crippen LogP contribution >= 0.6 is 11.6 Å². The summed E-state index contributed by atoms with van der Waals surface area (Å²) in [5.41, 5.74) is 0.536. The molecular weight excluding hydrogens is 470 g/mol. The van der Waals surface area contributed by atoms with Crippen molar-refractivity contribution in [1.82, 2.24) is 20.9 Å². The van der Waals surface area contributed by atoms with Crippen molar-refractivity contribution < 1.29 is 19.1 Å². The normalized spacial score (nSPS) is 20.5. The highest BCUT2D eigenvalue weighted by Crippen LogP contribution is 2.34. The summed E-state index contributed by atoms with van der Waals surface area (Å²) in [4.78, 5) is 41.4. The molecule has 2 fully saturated rings.